The number of hydrogen-bond acceptors (Lipinski definition) is 3. The van der Waals surface area contributed by atoms with Crippen LogP contribution in [0.15, 0.2) is 48.5 Å². The summed E-state index contributed by atoms with van der Waals surface area (Å²) in [4.78, 5) is 1.12. The SMILES string of the molecule is Fc1ccc(Cl)cc1-n1nnc(C=Cc2ccccc2)n1. The molecular weight excluding hydrogens is 291 g/mol. The predicted octanol–water partition coefficient (Wildman–Crippen LogP) is 3.63. The van der Waals surface area contributed by atoms with E-state index in [2.05, 4.69) is 15.4 Å². The molecule has 21 heavy (non-hydrogen) atoms. The smallest absolute Gasteiger partial charge is 0.198 e. The zero-order valence-corrected chi connectivity index (χ0v) is 11.6. The average Bonchev–Trinajstić information content (AvgIpc) is 2.97. The van der Waals surface area contributed by atoms with E-state index in [0.29, 0.717) is 10.8 Å². The van der Waals surface area contributed by atoms with Crippen LogP contribution in [0.25, 0.3) is 17.8 Å². The van der Waals surface area contributed by atoms with Gasteiger partial charge in [0.05, 0.1) is 0 Å². The lowest BCUT2D eigenvalue weighted by Crippen LogP contribution is -2.02. The van der Waals surface area contributed by atoms with Gasteiger partial charge in [-0.3, -0.25) is 0 Å². The highest BCUT2D eigenvalue weighted by Crippen LogP contribution is 2.17. The van der Waals surface area contributed by atoms with E-state index in [1.54, 1.807) is 6.08 Å². The van der Waals surface area contributed by atoms with Gasteiger partial charge in [0.2, 0.25) is 0 Å². The van der Waals surface area contributed by atoms with Crippen molar-refractivity contribution in [2.75, 3.05) is 0 Å². The molecule has 0 radical (unpaired) electrons. The Bertz CT molecular complexity index is 783. The number of halogens is 2. The molecule has 0 atom stereocenters. The molecule has 0 saturated heterocycles. The fourth-order valence-corrected chi connectivity index (χ4v) is 1.93. The summed E-state index contributed by atoms with van der Waals surface area (Å²) < 4.78 is 13.7. The molecule has 0 amide bonds. The molecule has 3 rings (SSSR count). The van der Waals surface area contributed by atoms with Crippen molar-refractivity contribution in [3.63, 3.8) is 0 Å². The molecule has 0 N–H and O–H groups in total. The molecule has 0 fully saturated rings. The number of rotatable bonds is 3. The third-order valence-corrected chi connectivity index (χ3v) is 3.01. The number of aromatic nitrogens is 4. The maximum Gasteiger partial charge on any atom is 0.198 e. The lowest BCUT2D eigenvalue weighted by atomic mass is 10.2. The van der Waals surface area contributed by atoms with Gasteiger partial charge in [0, 0.05) is 5.02 Å². The van der Waals surface area contributed by atoms with Gasteiger partial charge >= 0.3 is 0 Å². The molecule has 0 unspecified atom stereocenters. The van der Waals surface area contributed by atoms with Crippen molar-refractivity contribution in [3.05, 3.63) is 70.8 Å². The van der Waals surface area contributed by atoms with Crippen LogP contribution in [-0.2, 0) is 0 Å². The molecule has 2 aromatic carbocycles. The molecule has 6 heteroatoms. The first-order valence-corrected chi connectivity index (χ1v) is 6.59. The van der Waals surface area contributed by atoms with Gasteiger partial charge in [-0.1, -0.05) is 48.0 Å². The molecule has 104 valence electrons. The summed E-state index contributed by atoms with van der Waals surface area (Å²) in [6.45, 7) is 0. The highest BCUT2D eigenvalue weighted by atomic mass is 35.5. The third-order valence-electron chi connectivity index (χ3n) is 2.78. The van der Waals surface area contributed by atoms with Gasteiger partial charge < -0.3 is 0 Å². The molecule has 0 saturated carbocycles. The Morgan fingerprint density at radius 2 is 1.86 bits per heavy atom. The summed E-state index contributed by atoms with van der Waals surface area (Å²) in [5.74, 6) is -0.0754. The highest BCUT2D eigenvalue weighted by Gasteiger charge is 2.08. The van der Waals surface area contributed by atoms with E-state index >= 15 is 0 Å². The minimum Gasteiger partial charge on any atom is -0.205 e. The summed E-state index contributed by atoms with van der Waals surface area (Å²) in [5, 5.41) is 12.2. The van der Waals surface area contributed by atoms with E-state index < -0.39 is 5.82 Å². The van der Waals surface area contributed by atoms with Crippen molar-refractivity contribution in [2.45, 2.75) is 0 Å². The van der Waals surface area contributed by atoms with Gasteiger partial charge in [0.15, 0.2) is 11.6 Å². The molecule has 0 aliphatic rings. The van der Waals surface area contributed by atoms with E-state index in [-0.39, 0.29) is 5.69 Å². The second-order valence-electron chi connectivity index (χ2n) is 4.28. The van der Waals surface area contributed by atoms with Crippen LogP contribution < -0.4 is 0 Å². The minimum atomic E-state index is -0.463. The largest absolute Gasteiger partial charge is 0.205 e. The summed E-state index contributed by atoms with van der Waals surface area (Å²) in [5.41, 5.74) is 1.18. The van der Waals surface area contributed by atoms with E-state index in [4.69, 9.17) is 11.6 Å². The van der Waals surface area contributed by atoms with Crippen molar-refractivity contribution >= 4 is 23.8 Å². The first-order chi connectivity index (χ1) is 10.2. The summed E-state index contributed by atoms with van der Waals surface area (Å²) in [7, 11) is 0. The Kier molecular flexibility index (Phi) is 3.75. The van der Waals surface area contributed by atoms with Crippen LogP contribution in [0.1, 0.15) is 11.4 Å². The monoisotopic (exact) mass is 300 g/mol. The third kappa shape index (κ3) is 3.14. The summed E-state index contributed by atoms with van der Waals surface area (Å²) in [6, 6.07) is 13.9. The lowest BCUT2D eigenvalue weighted by Gasteiger charge is -2.00. The van der Waals surface area contributed by atoms with Gasteiger partial charge in [-0.05, 0) is 35.1 Å². The molecule has 1 heterocycles. The Morgan fingerprint density at radius 1 is 1.05 bits per heavy atom. The predicted molar refractivity (Wildman–Crippen MR) is 79.5 cm³/mol. The van der Waals surface area contributed by atoms with Gasteiger partial charge in [0.1, 0.15) is 5.69 Å². The van der Waals surface area contributed by atoms with E-state index in [1.807, 2.05) is 36.4 Å². The van der Waals surface area contributed by atoms with E-state index in [1.165, 1.54) is 18.2 Å². The first-order valence-electron chi connectivity index (χ1n) is 6.21. The second kappa shape index (κ2) is 5.85. The van der Waals surface area contributed by atoms with Crippen molar-refractivity contribution in [2.24, 2.45) is 0 Å². The summed E-state index contributed by atoms with van der Waals surface area (Å²) >= 11 is 5.84. The Balaban J connectivity index is 1.87. The lowest BCUT2D eigenvalue weighted by molar-refractivity contribution is 0.591. The topological polar surface area (TPSA) is 43.6 Å². The zero-order valence-electron chi connectivity index (χ0n) is 10.8. The van der Waals surface area contributed by atoms with Gasteiger partial charge in [-0.2, -0.15) is 0 Å². The molecule has 0 spiro atoms. The zero-order chi connectivity index (χ0) is 14.7. The maximum absolute atomic E-state index is 13.7. The fourth-order valence-electron chi connectivity index (χ4n) is 1.77. The average molecular weight is 301 g/mol. The quantitative estimate of drug-likeness (QED) is 0.742. The van der Waals surface area contributed by atoms with E-state index in [0.717, 1.165) is 10.4 Å². The van der Waals surface area contributed by atoms with Crippen LogP contribution >= 0.6 is 11.6 Å². The maximum atomic E-state index is 13.7. The van der Waals surface area contributed by atoms with Crippen LogP contribution in [0, 0.1) is 5.82 Å². The number of benzene rings is 2. The van der Waals surface area contributed by atoms with Crippen molar-refractivity contribution < 1.29 is 4.39 Å². The summed E-state index contributed by atoms with van der Waals surface area (Å²) in [6.07, 6.45) is 3.57. The molecular formula is C15H10ClFN4. The van der Waals surface area contributed by atoms with Crippen molar-refractivity contribution in [1.82, 2.24) is 20.2 Å². The molecule has 4 nitrogen and oxygen atoms in total. The number of tetrazole rings is 1. The number of hydrogen-bond donors (Lipinski definition) is 0. The normalized spacial score (nSPS) is 11.1. The van der Waals surface area contributed by atoms with Crippen molar-refractivity contribution in [3.8, 4) is 5.69 Å². The molecule has 3 aromatic rings. The van der Waals surface area contributed by atoms with Crippen LogP contribution in [0.2, 0.25) is 5.02 Å². The Hall–Kier alpha value is -2.53. The van der Waals surface area contributed by atoms with Gasteiger partial charge in [-0.15, -0.1) is 15.0 Å². The first kappa shape index (κ1) is 13.5. The van der Waals surface area contributed by atoms with Crippen LogP contribution in [0.4, 0.5) is 4.39 Å². The highest BCUT2D eigenvalue weighted by molar-refractivity contribution is 6.30. The molecule has 0 aliphatic carbocycles. The van der Waals surface area contributed by atoms with Gasteiger partial charge in [0.25, 0.3) is 0 Å². The number of nitrogens with zero attached hydrogens (tertiary/aromatic N) is 4. The molecule has 1 aromatic heterocycles. The van der Waals surface area contributed by atoms with Crippen LogP contribution in [-0.4, -0.2) is 20.2 Å². The van der Waals surface area contributed by atoms with Crippen LogP contribution in [0.5, 0.6) is 0 Å². The molecule has 0 aliphatic heterocycles. The van der Waals surface area contributed by atoms with Gasteiger partial charge in [-0.25, -0.2) is 4.39 Å². The fraction of sp³-hybridized carbons (Fsp3) is 0. The van der Waals surface area contributed by atoms with Crippen molar-refractivity contribution in [1.29, 1.82) is 0 Å². The minimum absolute atomic E-state index is 0.161. The Labute approximate surface area is 125 Å². The van der Waals surface area contributed by atoms with Crippen LogP contribution in [0.3, 0.4) is 0 Å². The standard InChI is InChI=1S/C15H10ClFN4/c16-12-7-8-13(17)14(10-12)21-19-15(18-20-21)9-6-11-4-2-1-3-5-11/h1-10H. The molecule has 0 bridgehead atoms. The Morgan fingerprint density at radius 3 is 2.67 bits per heavy atom. The second-order valence-corrected chi connectivity index (χ2v) is 4.71. The van der Waals surface area contributed by atoms with E-state index in [9.17, 15) is 4.39 Å².